The molecule has 0 aliphatic carbocycles. The molecule has 0 bridgehead atoms. The number of aromatic nitrogens is 3. The maximum absolute atomic E-state index is 4.67. The van der Waals surface area contributed by atoms with E-state index in [1.54, 1.807) is 0 Å². The summed E-state index contributed by atoms with van der Waals surface area (Å²) in [7, 11) is 0. The molecule has 1 aliphatic rings. The molecular formula is C23H23N5. The predicted molar refractivity (Wildman–Crippen MR) is 113 cm³/mol. The molecule has 0 amide bonds. The molecule has 1 aliphatic heterocycles. The van der Waals surface area contributed by atoms with E-state index in [2.05, 4.69) is 91.5 Å². The van der Waals surface area contributed by atoms with Gasteiger partial charge in [0.1, 0.15) is 11.3 Å². The number of fused-ring (bicyclic) bond motifs is 1. The van der Waals surface area contributed by atoms with Crippen LogP contribution in [0.1, 0.15) is 17.2 Å². The van der Waals surface area contributed by atoms with Crippen molar-refractivity contribution >= 4 is 16.9 Å². The Labute approximate surface area is 164 Å². The summed E-state index contributed by atoms with van der Waals surface area (Å²) in [5.74, 6) is 1.02. The highest BCUT2D eigenvalue weighted by atomic mass is 15.2. The zero-order valence-electron chi connectivity index (χ0n) is 15.7. The zero-order chi connectivity index (χ0) is 18.8. The lowest BCUT2D eigenvalue weighted by atomic mass is 9.98. The van der Waals surface area contributed by atoms with E-state index in [4.69, 9.17) is 0 Å². The zero-order valence-corrected chi connectivity index (χ0v) is 15.7. The fourth-order valence-corrected chi connectivity index (χ4v) is 3.98. The summed E-state index contributed by atoms with van der Waals surface area (Å²) in [4.78, 5) is 11.7. The molecular weight excluding hydrogens is 346 g/mol. The van der Waals surface area contributed by atoms with Gasteiger partial charge in [-0.25, -0.2) is 9.97 Å². The maximum Gasteiger partial charge on any atom is 0.130 e. The van der Waals surface area contributed by atoms with Crippen molar-refractivity contribution in [2.24, 2.45) is 0 Å². The number of rotatable bonds is 4. The van der Waals surface area contributed by atoms with Gasteiger partial charge in [-0.2, -0.15) is 0 Å². The molecule has 0 saturated carbocycles. The van der Waals surface area contributed by atoms with Crippen molar-refractivity contribution in [3.05, 3.63) is 90.4 Å². The van der Waals surface area contributed by atoms with Gasteiger partial charge >= 0.3 is 0 Å². The van der Waals surface area contributed by atoms with E-state index >= 15 is 0 Å². The number of nitrogens with zero attached hydrogens (tertiary/aromatic N) is 4. The van der Waals surface area contributed by atoms with Crippen LogP contribution in [-0.2, 0) is 0 Å². The molecule has 4 aromatic rings. The Bertz CT molecular complexity index is 1010. The molecule has 5 heteroatoms. The third kappa shape index (κ3) is 3.14. The Morgan fingerprint density at radius 3 is 2.11 bits per heavy atom. The number of benzene rings is 2. The van der Waals surface area contributed by atoms with Gasteiger partial charge in [0.25, 0.3) is 0 Å². The summed E-state index contributed by atoms with van der Waals surface area (Å²) in [6, 6.07) is 23.5. The fourth-order valence-electron chi connectivity index (χ4n) is 3.98. The van der Waals surface area contributed by atoms with Crippen LogP contribution in [0, 0.1) is 0 Å². The minimum absolute atomic E-state index is 0.0747. The van der Waals surface area contributed by atoms with Crippen LogP contribution in [-0.4, -0.2) is 40.7 Å². The number of nitrogens with one attached hydrogen (secondary N) is 1. The Morgan fingerprint density at radius 2 is 1.46 bits per heavy atom. The molecule has 0 atom stereocenters. The third-order valence-electron chi connectivity index (χ3n) is 5.40. The van der Waals surface area contributed by atoms with Crippen molar-refractivity contribution in [3.8, 4) is 0 Å². The first-order chi connectivity index (χ1) is 13.9. The quantitative estimate of drug-likeness (QED) is 0.598. The fraction of sp³-hybridized carbons (Fsp3) is 0.217. The van der Waals surface area contributed by atoms with Crippen molar-refractivity contribution in [2.45, 2.75) is 6.04 Å². The second-order valence-corrected chi connectivity index (χ2v) is 7.14. The molecule has 5 nitrogen and oxygen atoms in total. The minimum atomic E-state index is 0.0747. The summed E-state index contributed by atoms with van der Waals surface area (Å²) in [5.41, 5.74) is 4.53. The summed E-state index contributed by atoms with van der Waals surface area (Å²) in [5, 5.41) is 3.40. The van der Waals surface area contributed by atoms with E-state index in [9.17, 15) is 0 Å². The van der Waals surface area contributed by atoms with Crippen molar-refractivity contribution in [2.75, 3.05) is 31.1 Å². The van der Waals surface area contributed by atoms with E-state index in [1.165, 1.54) is 11.1 Å². The number of pyridine rings is 1. The van der Waals surface area contributed by atoms with Crippen molar-refractivity contribution < 1.29 is 0 Å². The maximum atomic E-state index is 4.67. The number of anilines is 1. The van der Waals surface area contributed by atoms with Gasteiger partial charge in [-0.3, -0.25) is 0 Å². The van der Waals surface area contributed by atoms with Gasteiger partial charge in [0.2, 0.25) is 0 Å². The van der Waals surface area contributed by atoms with Gasteiger partial charge in [0.15, 0.2) is 0 Å². The second-order valence-electron chi connectivity index (χ2n) is 7.14. The van der Waals surface area contributed by atoms with Crippen LogP contribution in [0.4, 0.5) is 5.82 Å². The molecule has 0 spiro atoms. The summed E-state index contributed by atoms with van der Waals surface area (Å²) >= 11 is 0. The van der Waals surface area contributed by atoms with Gasteiger partial charge in [0, 0.05) is 32.2 Å². The van der Waals surface area contributed by atoms with Gasteiger partial charge in [-0.05, 0) is 11.1 Å². The van der Waals surface area contributed by atoms with E-state index < -0.39 is 0 Å². The Balaban J connectivity index is 1.64. The second kappa shape index (κ2) is 7.44. The molecule has 28 heavy (non-hydrogen) atoms. The topological polar surface area (TPSA) is 46.0 Å². The van der Waals surface area contributed by atoms with Crippen LogP contribution in [0.5, 0.6) is 0 Å². The van der Waals surface area contributed by atoms with E-state index in [1.807, 2.05) is 12.5 Å². The number of hydrogen-bond acceptors (Lipinski definition) is 4. The van der Waals surface area contributed by atoms with Crippen LogP contribution < -0.4 is 10.2 Å². The number of piperazine rings is 1. The first kappa shape index (κ1) is 17.0. The lowest BCUT2D eigenvalue weighted by molar-refractivity contribution is 0.585. The van der Waals surface area contributed by atoms with Gasteiger partial charge in [0.05, 0.1) is 24.1 Å². The highest BCUT2D eigenvalue weighted by molar-refractivity contribution is 5.78. The normalized spacial score (nSPS) is 14.7. The van der Waals surface area contributed by atoms with Gasteiger partial charge in [-0.1, -0.05) is 60.7 Å². The first-order valence-corrected chi connectivity index (χ1v) is 9.78. The Hall–Kier alpha value is -3.18. The van der Waals surface area contributed by atoms with Gasteiger partial charge in [-0.15, -0.1) is 0 Å². The predicted octanol–water partition coefficient (Wildman–Crippen LogP) is 3.48. The van der Waals surface area contributed by atoms with E-state index in [-0.39, 0.29) is 6.04 Å². The molecule has 0 radical (unpaired) electrons. The molecule has 2 aromatic heterocycles. The molecule has 2 aromatic carbocycles. The lowest BCUT2D eigenvalue weighted by Crippen LogP contribution is -2.43. The molecule has 1 fully saturated rings. The molecule has 1 saturated heterocycles. The average Bonchev–Trinajstić information content (AvgIpc) is 3.19. The Morgan fingerprint density at radius 1 is 0.821 bits per heavy atom. The van der Waals surface area contributed by atoms with Crippen LogP contribution >= 0.6 is 0 Å². The van der Waals surface area contributed by atoms with E-state index in [0.717, 1.165) is 43.0 Å². The largest absolute Gasteiger partial charge is 0.354 e. The van der Waals surface area contributed by atoms with Crippen LogP contribution in [0.3, 0.4) is 0 Å². The molecule has 140 valence electrons. The SMILES string of the molecule is c1ccc(C(c2ccccc2)n2cnc3cnc(N4CCNCC4)cc32)cc1. The Kier molecular flexibility index (Phi) is 4.51. The van der Waals surface area contributed by atoms with Crippen molar-refractivity contribution in [3.63, 3.8) is 0 Å². The van der Waals surface area contributed by atoms with Crippen LogP contribution in [0.15, 0.2) is 79.3 Å². The third-order valence-corrected chi connectivity index (χ3v) is 5.40. The van der Waals surface area contributed by atoms with E-state index in [0.29, 0.717) is 0 Å². The minimum Gasteiger partial charge on any atom is -0.354 e. The van der Waals surface area contributed by atoms with Gasteiger partial charge < -0.3 is 14.8 Å². The first-order valence-electron chi connectivity index (χ1n) is 9.78. The summed E-state index contributed by atoms with van der Waals surface area (Å²) in [6.45, 7) is 3.95. The summed E-state index contributed by atoms with van der Waals surface area (Å²) < 4.78 is 2.27. The highest BCUT2D eigenvalue weighted by Gasteiger charge is 2.20. The number of hydrogen-bond donors (Lipinski definition) is 1. The van der Waals surface area contributed by atoms with Crippen LogP contribution in [0.25, 0.3) is 11.0 Å². The monoisotopic (exact) mass is 369 g/mol. The van der Waals surface area contributed by atoms with Crippen molar-refractivity contribution in [1.82, 2.24) is 19.9 Å². The molecule has 5 rings (SSSR count). The lowest BCUT2D eigenvalue weighted by Gasteiger charge is -2.28. The smallest absolute Gasteiger partial charge is 0.130 e. The highest BCUT2D eigenvalue weighted by Crippen LogP contribution is 2.30. The molecule has 1 N–H and O–H groups in total. The average molecular weight is 369 g/mol. The molecule has 3 heterocycles. The number of imidazole rings is 1. The molecule has 0 unspecified atom stereocenters. The summed E-state index contributed by atoms with van der Waals surface area (Å²) in [6.07, 6.45) is 3.84. The standard InChI is InChI=1S/C23H23N5/c1-3-7-18(8-4-1)23(19-9-5-2-6-10-19)28-17-26-20-16-25-22(15-21(20)28)27-13-11-24-12-14-27/h1-10,15-17,23-24H,11-14H2. The van der Waals surface area contributed by atoms with Crippen molar-refractivity contribution in [1.29, 1.82) is 0 Å². The van der Waals surface area contributed by atoms with Crippen LogP contribution in [0.2, 0.25) is 0 Å².